The van der Waals surface area contributed by atoms with Gasteiger partial charge in [0.25, 0.3) is 0 Å². The maximum Gasteiger partial charge on any atom is 0.244 e. The Hall–Kier alpha value is -1.51. The van der Waals surface area contributed by atoms with Crippen molar-refractivity contribution in [2.75, 3.05) is 20.1 Å². The monoisotopic (exact) mass is 424 g/mol. The molecule has 0 aromatic carbocycles. The molecular formula is C21H36N4O3S. The van der Waals surface area contributed by atoms with Crippen molar-refractivity contribution >= 4 is 15.9 Å². The molecule has 2 rings (SSSR count). The van der Waals surface area contributed by atoms with Gasteiger partial charge in [0.1, 0.15) is 4.90 Å². The lowest BCUT2D eigenvalue weighted by Crippen LogP contribution is -2.63. The lowest BCUT2D eigenvalue weighted by atomic mass is 9.79. The summed E-state index contributed by atoms with van der Waals surface area (Å²) in [4.78, 5) is 19.1. The lowest BCUT2D eigenvalue weighted by molar-refractivity contribution is -0.135. The first-order valence-corrected chi connectivity index (χ1v) is 11.8. The van der Waals surface area contributed by atoms with Crippen molar-refractivity contribution in [3.8, 4) is 0 Å². The van der Waals surface area contributed by atoms with Gasteiger partial charge < -0.3 is 10.2 Å². The molecule has 7 nitrogen and oxygen atoms in total. The quantitative estimate of drug-likeness (QED) is 0.694. The number of hydrogen-bond acceptors (Lipinski definition) is 5. The Balaban J connectivity index is 2.20. The third-order valence-corrected chi connectivity index (χ3v) is 7.17. The standard InChI is InChI=1S/C21H36N4O3S/c1-7-8-12-25(17-13-20(2,3)23-21(4,5)14-17)19(26)16-24(6)29(27,28)18-10-9-11-22-15-18/h9-11,15,17,23H,7-8,12-14,16H2,1-6H3. The molecule has 8 heteroatoms. The minimum absolute atomic E-state index is 0.0785. The molecule has 0 atom stereocenters. The van der Waals surface area contributed by atoms with Crippen LogP contribution in [-0.4, -0.2) is 65.8 Å². The van der Waals surface area contributed by atoms with Crippen molar-refractivity contribution in [2.24, 2.45) is 0 Å². The molecule has 1 saturated heterocycles. The Morgan fingerprint density at radius 3 is 2.38 bits per heavy atom. The van der Waals surface area contributed by atoms with Crippen molar-refractivity contribution in [3.63, 3.8) is 0 Å². The fraction of sp³-hybridized carbons (Fsp3) is 0.714. The minimum atomic E-state index is -3.75. The average Bonchev–Trinajstić information content (AvgIpc) is 2.60. The number of nitrogens with zero attached hydrogens (tertiary/aromatic N) is 3. The highest BCUT2D eigenvalue weighted by Crippen LogP contribution is 2.32. The van der Waals surface area contributed by atoms with E-state index in [9.17, 15) is 13.2 Å². The van der Waals surface area contributed by atoms with E-state index in [4.69, 9.17) is 0 Å². The molecule has 1 amide bonds. The first kappa shape index (κ1) is 23.8. The molecule has 0 bridgehead atoms. The second kappa shape index (κ2) is 9.10. The predicted octanol–water partition coefficient (Wildman–Crippen LogP) is 2.64. The van der Waals surface area contributed by atoms with Crippen molar-refractivity contribution < 1.29 is 13.2 Å². The van der Waals surface area contributed by atoms with Gasteiger partial charge in [0.15, 0.2) is 0 Å². The third-order valence-electron chi connectivity index (χ3n) is 5.38. The maximum absolute atomic E-state index is 13.2. The molecule has 0 saturated carbocycles. The highest BCUT2D eigenvalue weighted by atomic mass is 32.2. The van der Waals surface area contributed by atoms with Gasteiger partial charge >= 0.3 is 0 Å². The zero-order chi connectivity index (χ0) is 21.9. The Bertz CT molecular complexity index is 777. The summed E-state index contributed by atoms with van der Waals surface area (Å²) in [5.41, 5.74) is -0.185. The van der Waals surface area contributed by atoms with E-state index >= 15 is 0 Å². The van der Waals surface area contributed by atoms with E-state index in [1.807, 2.05) is 4.90 Å². The van der Waals surface area contributed by atoms with Crippen LogP contribution in [0.4, 0.5) is 0 Å². The van der Waals surface area contributed by atoms with Crippen molar-refractivity contribution in [3.05, 3.63) is 24.5 Å². The first-order valence-electron chi connectivity index (χ1n) is 10.3. The number of piperidine rings is 1. The van der Waals surface area contributed by atoms with Gasteiger partial charge in [-0.05, 0) is 59.1 Å². The Labute approximate surface area is 175 Å². The van der Waals surface area contributed by atoms with E-state index in [0.717, 1.165) is 30.0 Å². The van der Waals surface area contributed by atoms with Gasteiger partial charge in [0, 0.05) is 43.1 Å². The molecule has 1 aliphatic heterocycles. The molecule has 1 fully saturated rings. The summed E-state index contributed by atoms with van der Waals surface area (Å²) in [6.07, 6.45) is 6.39. The SMILES string of the molecule is CCCCN(C(=O)CN(C)S(=O)(=O)c1cccnc1)C1CC(C)(C)NC(C)(C)C1. The van der Waals surface area contributed by atoms with Gasteiger partial charge in [0.05, 0.1) is 6.54 Å². The van der Waals surface area contributed by atoms with Crippen molar-refractivity contribution in [1.29, 1.82) is 0 Å². The number of carbonyl (C=O) groups excluding carboxylic acids is 1. The number of rotatable bonds is 8. The lowest BCUT2D eigenvalue weighted by Gasteiger charge is -2.49. The number of likely N-dealkylation sites (N-methyl/N-ethyl adjacent to an activating group) is 1. The van der Waals surface area contributed by atoms with Crippen LogP contribution in [0.15, 0.2) is 29.4 Å². The van der Waals surface area contributed by atoms with E-state index in [-0.39, 0.29) is 34.5 Å². The molecule has 1 aliphatic rings. The number of amides is 1. The number of sulfonamides is 1. The molecule has 1 aromatic rings. The zero-order valence-corrected chi connectivity index (χ0v) is 19.4. The molecule has 0 aliphatic carbocycles. The average molecular weight is 425 g/mol. The smallest absolute Gasteiger partial charge is 0.244 e. The van der Waals surface area contributed by atoms with Crippen LogP contribution >= 0.6 is 0 Å². The van der Waals surface area contributed by atoms with E-state index in [1.54, 1.807) is 6.07 Å². The van der Waals surface area contributed by atoms with Crippen LogP contribution in [0.1, 0.15) is 60.3 Å². The Kier molecular flexibility index (Phi) is 7.46. The van der Waals surface area contributed by atoms with Crippen LogP contribution in [0.25, 0.3) is 0 Å². The fourth-order valence-electron chi connectivity index (χ4n) is 4.37. The van der Waals surface area contributed by atoms with Gasteiger partial charge in [-0.2, -0.15) is 4.31 Å². The molecule has 2 heterocycles. The Morgan fingerprint density at radius 1 is 1.24 bits per heavy atom. The van der Waals surface area contributed by atoms with Crippen molar-refractivity contribution in [2.45, 2.75) is 82.3 Å². The fourth-order valence-corrected chi connectivity index (χ4v) is 5.46. The molecule has 164 valence electrons. The number of pyridine rings is 1. The summed E-state index contributed by atoms with van der Waals surface area (Å²) >= 11 is 0. The summed E-state index contributed by atoms with van der Waals surface area (Å²) in [6, 6.07) is 3.15. The summed E-state index contributed by atoms with van der Waals surface area (Å²) in [5.74, 6) is -0.146. The Morgan fingerprint density at radius 2 is 1.86 bits per heavy atom. The number of hydrogen-bond donors (Lipinski definition) is 1. The molecule has 0 unspecified atom stereocenters. The van der Waals surface area contributed by atoms with Crippen LogP contribution in [0.2, 0.25) is 0 Å². The van der Waals surface area contributed by atoms with Gasteiger partial charge in [-0.3, -0.25) is 9.78 Å². The minimum Gasteiger partial charge on any atom is -0.338 e. The van der Waals surface area contributed by atoms with Crippen LogP contribution in [0.5, 0.6) is 0 Å². The van der Waals surface area contributed by atoms with Crippen molar-refractivity contribution in [1.82, 2.24) is 19.5 Å². The van der Waals surface area contributed by atoms with Crippen LogP contribution in [0, 0.1) is 0 Å². The first-order chi connectivity index (χ1) is 13.4. The van der Waals surface area contributed by atoms with Gasteiger partial charge in [-0.15, -0.1) is 0 Å². The topological polar surface area (TPSA) is 82.6 Å². The summed E-state index contributed by atoms with van der Waals surface area (Å²) in [7, 11) is -2.30. The molecule has 1 aromatic heterocycles. The van der Waals surface area contributed by atoms with Crippen LogP contribution in [-0.2, 0) is 14.8 Å². The highest BCUT2D eigenvalue weighted by molar-refractivity contribution is 7.89. The van der Waals surface area contributed by atoms with Gasteiger partial charge in [-0.25, -0.2) is 8.42 Å². The predicted molar refractivity (Wildman–Crippen MR) is 115 cm³/mol. The van der Waals surface area contributed by atoms with Gasteiger partial charge in [-0.1, -0.05) is 13.3 Å². The van der Waals surface area contributed by atoms with E-state index < -0.39 is 10.0 Å². The summed E-state index contributed by atoms with van der Waals surface area (Å²) in [5, 5.41) is 3.65. The molecule has 0 radical (unpaired) electrons. The summed E-state index contributed by atoms with van der Waals surface area (Å²) < 4.78 is 26.7. The molecule has 1 N–H and O–H groups in total. The van der Waals surface area contributed by atoms with E-state index in [0.29, 0.717) is 6.54 Å². The molecule has 29 heavy (non-hydrogen) atoms. The van der Waals surface area contributed by atoms with E-state index in [2.05, 4.69) is 44.9 Å². The number of nitrogens with one attached hydrogen (secondary N) is 1. The number of unbranched alkanes of at least 4 members (excludes halogenated alkanes) is 1. The molecular weight excluding hydrogens is 388 g/mol. The largest absolute Gasteiger partial charge is 0.338 e. The van der Waals surface area contributed by atoms with Crippen LogP contribution in [0.3, 0.4) is 0 Å². The third kappa shape index (κ3) is 6.23. The second-order valence-corrected chi connectivity index (χ2v) is 11.4. The maximum atomic E-state index is 13.2. The van der Waals surface area contributed by atoms with Crippen LogP contribution < -0.4 is 5.32 Å². The number of carbonyl (C=O) groups is 1. The normalized spacial score (nSPS) is 19.3. The zero-order valence-electron chi connectivity index (χ0n) is 18.6. The second-order valence-electron chi connectivity index (χ2n) is 9.35. The number of aromatic nitrogens is 1. The highest BCUT2D eigenvalue weighted by Gasteiger charge is 2.41. The van der Waals surface area contributed by atoms with E-state index in [1.165, 1.54) is 25.5 Å². The molecule has 0 spiro atoms. The summed E-state index contributed by atoms with van der Waals surface area (Å²) in [6.45, 7) is 11.2. The van der Waals surface area contributed by atoms with Gasteiger partial charge in [0.2, 0.25) is 15.9 Å².